The van der Waals surface area contributed by atoms with Crippen molar-refractivity contribution in [2.75, 3.05) is 32.5 Å². The minimum absolute atomic E-state index is 0.188. The summed E-state index contributed by atoms with van der Waals surface area (Å²) in [6, 6.07) is 0. The fourth-order valence-electron chi connectivity index (χ4n) is 2.26. The molecule has 4 nitrogen and oxygen atoms in total. The molecule has 5 heteroatoms. The lowest BCUT2D eigenvalue weighted by atomic mass is 10.2. The van der Waals surface area contributed by atoms with Crippen LogP contribution in [0.1, 0.15) is 52.9 Å². The van der Waals surface area contributed by atoms with Crippen molar-refractivity contribution in [2.24, 2.45) is 4.99 Å². The summed E-state index contributed by atoms with van der Waals surface area (Å²) in [5.41, 5.74) is 0. The number of ether oxygens (including phenoxy) is 1. The first-order valence-electron chi connectivity index (χ1n) is 8.26. The Bertz CT molecular complexity index is 302. The van der Waals surface area contributed by atoms with Gasteiger partial charge in [-0.05, 0) is 46.3 Å². The van der Waals surface area contributed by atoms with Crippen LogP contribution in [-0.2, 0) is 4.74 Å². The standard InChI is InChI=1S/C16H33N3OS/c1-5-17-15(19-13-16(2,3)21-4)18-11-8-12-20-14-9-6-7-10-14/h14H,5-13H2,1-4H3,(H2,17,18,19). The van der Waals surface area contributed by atoms with Crippen molar-refractivity contribution in [3.63, 3.8) is 0 Å². The third-order valence-electron chi connectivity index (χ3n) is 3.78. The van der Waals surface area contributed by atoms with Crippen molar-refractivity contribution in [2.45, 2.75) is 63.7 Å². The van der Waals surface area contributed by atoms with E-state index in [-0.39, 0.29) is 4.75 Å². The Morgan fingerprint density at radius 3 is 2.62 bits per heavy atom. The van der Waals surface area contributed by atoms with Crippen LogP contribution in [-0.4, -0.2) is 49.3 Å². The molecular weight excluding hydrogens is 282 g/mol. The molecule has 2 N–H and O–H groups in total. The summed E-state index contributed by atoms with van der Waals surface area (Å²) < 4.78 is 6.06. The first-order valence-corrected chi connectivity index (χ1v) is 9.49. The predicted octanol–water partition coefficient (Wildman–Crippen LogP) is 3.03. The summed E-state index contributed by atoms with van der Waals surface area (Å²) in [6.07, 6.45) is 8.87. The van der Waals surface area contributed by atoms with E-state index in [9.17, 15) is 0 Å². The molecule has 0 amide bonds. The van der Waals surface area contributed by atoms with E-state index in [2.05, 4.69) is 42.7 Å². The lowest BCUT2D eigenvalue weighted by Gasteiger charge is -2.20. The highest BCUT2D eigenvalue weighted by Gasteiger charge is 2.16. The highest BCUT2D eigenvalue weighted by Crippen LogP contribution is 2.21. The van der Waals surface area contributed by atoms with Crippen LogP contribution in [0.4, 0.5) is 0 Å². The Balaban J connectivity index is 2.18. The van der Waals surface area contributed by atoms with Gasteiger partial charge in [0.2, 0.25) is 0 Å². The van der Waals surface area contributed by atoms with Gasteiger partial charge in [-0.2, -0.15) is 11.8 Å². The quantitative estimate of drug-likeness (QED) is 0.390. The molecule has 1 aliphatic rings. The molecule has 1 fully saturated rings. The molecule has 0 aliphatic heterocycles. The van der Waals surface area contributed by atoms with E-state index < -0.39 is 0 Å². The molecule has 0 unspecified atom stereocenters. The minimum atomic E-state index is 0.188. The number of guanidine groups is 1. The number of rotatable bonds is 9. The second-order valence-corrected chi connectivity index (χ2v) is 7.73. The lowest BCUT2D eigenvalue weighted by molar-refractivity contribution is 0.0574. The summed E-state index contributed by atoms with van der Waals surface area (Å²) in [5, 5.41) is 6.69. The third kappa shape index (κ3) is 8.57. The molecule has 0 heterocycles. The van der Waals surface area contributed by atoms with E-state index in [0.717, 1.165) is 38.6 Å². The molecule has 21 heavy (non-hydrogen) atoms. The van der Waals surface area contributed by atoms with E-state index in [1.165, 1.54) is 25.7 Å². The molecule has 1 aliphatic carbocycles. The molecule has 0 aromatic rings. The second kappa shape index (κ2) is 10.3. The molecule has 0 bridgehead atoms. The molecule has 0 saturated heterocycles. The molecule has 0 aromatic heterocycles. The number of nitrogens with zero attached hydrogens (tertiary/aromatic N) is 1. The van der Waals surface area contributed by atoms with Gasteiger partial charge in [-0.25, -0.2) is 0 Å². The monoisotopic (exact) mass is 315 g/mol. The molecule has 0 atom stereocenters. The van der Waals surface area contributed by atoms with Crippen LogP contribution in [0.3, 0.4) is 0 Å². The Hall–Kier alpha value is -0.420. The zero-order valence-electron chi connectivity index (χ0n) is 14.2. The molecule has 1 saturated carbocycles. The van der Waals surface area contributed by atoms with E-state index in [1.54, 1.807) is 0 Å². The van der Waals surface area contributed by atoms with Gasteiger partial charge in [-0.1, -0.05) is 12.8 Å². The van der Waals surface area contributed by atoms with Crippen molar-refractivity contribution >= 4 is 17.7 Å². The van der Waals surface area contributed by atoms with Crippen molar-refractivity contribution in [1.29, 1.82) is 0 Å². The number of hydrogen-bond acceptors (Lipinski definition) is 3. The fourth-order valence-corrected chi connectivity index (χ4v) is 2.45. The Labute approximate surface area is 134 Å². The van der Waals surface area contributed by atoms with Gasteiger partial charge in [-0.3, -0.25) is 4.99 Å². The highest BCUT2D eigenvalue weighted by atomic mass is 32.2. The summed E-state index contributed by atoms with van der Waals surface area (Å²) in [7, 11) is 0. The summed E-state index contributed by atoms with van der Waals surface area (Å²) in [4.78, 5) is 4.66. The number of thioether (sulfide) groups is 1. The van der Waals surface area contributed by atoms with Gasteiger partial charge in [-0.15, -0.1) is 0 Å². The third-order valence-corrected chi connectivity index (χ3v) is 5.02. The summed E-state index contributed by atoms with van der Waals surface area (Å²) in [6.45, 7) is 10.0. The van der Waals surface area contributed by atoms with Gasteiger partial charge in [0.1, 0.15) is 0 Å². The maximum absolute atomic E-state index is 5.87. The van der Waals surface area contributed by atoms with Crippen LogP contribution in [0.2, 0.25) is 0 Å². The average Bonchev–Trinajstić information content (AvgIpc) is 2.97. The molecule has 124 valence electrons. The van der Waals surface area contributed by atoms with Crippen molar-refractivity contribution in [3.8, 4) is 0 Å². The van der Waals surface area contributed by atoms with Gasteiger partial charge >= 0.3 is 0 Å². The van der Waals surface area contributed by atoms with Crippen LogP contribution < -0.4 is 10.6 Å². The lowest BCUT2D eigenvalue weighted by Crippen LogP contribution is -2.39. The normalized spacial score (nSPS) is 17.2. The van der Waals surface area contributed by atoms with Gasteiger partial charge in [0.15, 0.2) is 5.96 Å². The number of hydrogen-bond donors (Lipinski definition) is 2. The van der Waals surface area contributed by atoms with E-state index in [1.807, 2.05) is 11.8 Å². The molecule has 1 rings (SSSR count). The SMILES string of the molecule is CCNC(=NCC(C)(C)SC)NCCCOC1CCCC1. The Morgan fingerprint density at radius 2 is 2.00 bits per heavy atom. The zero-order chi connectivity index (χ0) is 15.6. The molecule has 0 spiro atoms. The summed E-state index contributed by atoms with van der Waals surface area (Å²) in [5.74, 6) is 0.917. The van der Waals surface area contributed by atoms with Crippen molar-refractivity contribution in [1.82, 2.24) is 10.6 Å². The molecule has 0 aromatic carbocycles. The minimum Gasteiger partial charge on any atom is -0.378 e. The maximum Gasteiger partial charge on any atom is 0.191 e. The van der Waals surface area contributed by atoms with Gasteiger partial charge in [0.25, 0.3) is 0 Å². The van der Waals surface area contributed by atoms with Crippen LogP contribution in [0.5, 0.6) is 0 Å². The van der Waals surface area contributed by atoms with E-state index in [0.29, 0.717) is 6.10 Å². The first kappa shape index (κ1) is 18.6. The van der Waals surface area contributed by atoms with Crippen molar-refractivity contribution < 1.29 is 4.74 Å². The molecular formula is C16H33N3OS. The van der Waals surface area contributed by atoms with Gasteiger partial charge in [0, 0.05) is 24.4 Å². The second-order valence-electron chi connectivity index (χ2n) is 6.22. The number of nitrogens with one attached hydrogen (secondary N) is 2. The maximum atomic E-state index is 5.87. The van der Waals surface area contributed by atoms with E-state index in [4.69, 9.17) is 4.74 Å². The van der Waals surface area contributed by atoms with Crippen LogP contribution in [0.15, 0.2) is 4.99 Å². The zero-order valence-corrected chi connectivity index (χ0v) is 15.0. The summed E-state index contributed by atoms with van der Waals surface area (Å²) >= 11 is 1.85. The van der Waals surface area contributed by atoms with Crippen LogP contribution in [0, 0.1) is 0 Å². The van der Waals surface area contributed by atoms with Crippen LogP contribution in [0.25, 0.3) is 0 Å². The van der Waals surface area contributed by atoms with E-state index >= 15 is 0 Å². The average molecular weight is 316 g/mol. The highest BCUT2D eigenvalue weighted by molar-refractivity contribution is 7.99. The first-order chi connectivity index (χ1) is 10.1. The predicted molar refractivity (Wildman–Crippen MR) is 94.4 cm³/mol. The fraction of sp³-hybridized carbons (Fsp3) is 0.938. The van der Waals surface area contributed by atoms with Crippen LogP contribution >= 0.6 is 11.8 Å². The molecule has 0 radical (unpaired) electrons. The topological polar surface area (TPSA) is 45.7 Å². The largest absolute Gasteiger partial charge is 0.378 e. The Morgan fingerprint density at radius 1 is 1.29 bits per heavy atom. The van der Waals surface area contributed by atoms with Gasteiger partial charge in [0.05, 0.1) is 12.6 Å². The number of aliphatic imine (C=N–C) groups is 1. The van der Waals surface area contributed by atoms with Gasteiger partial charge < -0.3 is 15.4 Å². The Kier molecular flexibility index (Phi) is 9.16. The smallest absolute Gasteiger partial charge is 0.191 e. The van der Waals surface area contributed by atoms with Crippen molar-refractivity contribution in [3.05, 3.63) is 0 Å².